The molecule has 0 unspecified atom stereocenters. The Morgan fingerprint density at radius 1 is 1.25 bits per heavy atom. The third-order valence-corrected chi connectivity index (χ3v) is 3.22. The van der Waals surface area contributed by atoms with Gasteiger partial charge in [-0.15, -0.1) is 0 Å². The van der Waals surface area contributed by atoms with Gasteiger partial charge < -0.3 is 10.1 Å². The van der Waals surface area contributed by atoms with E-state index in [2.05, 4.69) is 21.2 Å². The predicted octanol–water partition coefficient (Wildman–Crippen LogP) is 3.99. The molecule has 1 N–H and O–H groups in total. The van der Waals surface area contributed by atoms with Crippen LogP contribution in [-0.4, -0.2) is 13.0 Å². The molecule has 6 heteroatoms. The van der Waals surface area contributed by atoms with Crippen LogP contribution in [0.2, 0.25) is 0 Å². The fourth-order valence-electron chi connectivity index (χ4n) is 1.62. The average Bonchev–Trinajstić information content (AvgIpc) is 2.43. The molecule has 0 aliphatic rings. The molecule has 0 bridgehead atoms. The molecule has 0 aromatic heterocycles. The second kappa shape index (κ2) is 6.00. The van der Waals surface area contributed by atoms with E-state index in [1.165, 1.54) is 31.4 Å². The molecule has 2 aromatic rings. The molecule has 0 saturated heterocycles. The van der Waals surface area contributed by atoms with E-state index in [4.69, 9.17) is 4.74 Å². The molecule has 104 valence electrons. The summed E-state index contributed by atoms with van der Waals surface area (Å²) in [6, 6.07) is 8.25. The minimum Gasteiger partial charge on any atom is -0.494 e. The van der Waals surface area contributed by atoms with Crippen LogP contribution in [0.4, 0.5) is 14.5 Å². The number of carbonyl (C=O) groups is 1. The van der Waals surface area contributed by atoms with Crippen molar-refractivity contribution in [2.45, 2.75) is 0 Å². The highest BCUT2D eigenvalue weighted by atomic mass is 79.9. The van der Waals surface area contributed by atoms with Gasteiger partial charge in [0.25, 0.3) is 5.91 Å². The lowest BCUT2D eigenvalue weighted by Gasteiger charge is -2.09. The zero-order valence-electron chi connectivity index (χ0n) is 10.4. The molecule has 0 aliphatic heterocycles. The van der Waals surface area contributed by atoms with E-state index in [1.807, 2.05) is 0 Å². The van der Waals surface area contributed by atoms with Crippen LogP contribution in [0.1, 0.15) is 10.4 Å². The van der Waals surface area contributed by atoms with E-state index in [0.29, 0.717) is 5.69 Å². The first kappa shape index (κ1) is 14.5. The Morgan fingerprint density at radius 2 is 2.00 bits per heavy atom. The number of methoxy groups -OCH3 is 1. The molecular formula is C14H10BrF2NO2. The molecule has 0 atom stereocenters. The number of hydrogen-bond donors (Lipinski definition) is 1. The van der Waals surface area contributed by atoms with E-state index in [9.17, 15) is 13.6 Å². The maximum atomic E-state index is 13.8. The number of benzene rings is 2. The largest absolute Gasteiger partial charge is 0.494 e. The average molecular weight is 342 g/mol. The molecule has 0 radical (unpaired) electrons. The van der Waals surface area contributed by atoms with Crippen molar-refractivity contribution in [2.75, 3.05) is 12.4 Å². The first-order chi connectivity index (χ1) is 9.52. The number of anilines is 1. The molecule has 1 amide bonds. The molecule has 2 aromatic carbocycles. The molecule has 3 nitrogen and oxygen atoms in total. The van der Waals surface area contributed by atoms with Crippen molar-refractivity contribution in [3.8, 4) is 5.75 Å². The Morgan fingerprint density at radius 3 is 2.70 bits per heavy atom. The van der Waals surface area contributed by atoms with Crippen molar-refractivity contribution in [2.24, 2.45) is 0 Å². The SMILES string of the molecule is COc1cc(NC(=O)c2cccc(Br)c2F)ccc1F. The van der Waals surface area contributed by atoms with Crippen LogP contribution in [-0.2, 0) is 0 Å². The van der Waals surface area contributed by atoms with Crippen LogP contribution in [0.5, 0.6) is 5.75 Å². The summed E-state index contributed by atoms with van der Waals surface area (Å²) in [4.78, 5) is 12.0. The lowest BCUT2D eigenvalue weighted by atomic mass is 10.2. The van der Waals surface area contributed by atoms with Gasteiger partial charge in [-0.05, 0) is 40.2 Å². The van der Waals surface area contributed by atoms with Crippen molar-refractivity contribution in [1.29, 1.82) is 0 Å². The summed E-state index contributed by atoms with van der Waals surface area (Å²) in [6.07, 6.45) is 0. The first-order valence-electron chi connectivity index (χ1n) is 5.62. The van der Waals surface area contributed by atoms with Crippen LogP contribution >= 0.6 is 15.9 Å². The molecule has 0 heterocycles. The summed E-state index contributed by atoms with van der Waals surface area (Å²) < 4.78 is 32.0. The van der Waals surface area contributed by atoms with Crippen LogP contribution in [0.25, 0.3) is 0 Å². The normalized spacial score (nSPS) is 10.2. The van der Waals surface area contributed by atoms with Crippen molar-refractivity contribution in [3.63, 3.8) is 0 Å². The van der Waals surface area contributed by atoms with Gasteiger partial charge in [-0.1, -0.05) is 6.07 Å². The van der Waals surface area contributed by atoms with Gasteiger partial charge in [0.2, 0.25) is 0 Å². The fourth-order valence-corrected chi connectivity index (χ4v) is 1.98. The summed E-state index contributed by atoms with van der Waals surface area (Å²) >= 11 is 3.01. The van der Waals surface area contributed by atoms with E-state index >= 15 is 0 Å². The van der Waals surface area contributed by atoms with Crippen molar-refractivity contribution in [1.82, 2.24) is 0 Å². The molecule has 0 aliphatic carbocycles. The molecule has 0 saturated carbocycles. The summed E-state index contributed by atoms with van der Waals surface area (Å²) in [7, 11) is 1.32. The van der Waals surface area contributed by atoms with Gasteiger partial charge in [0.15, 0.2) is 11.6 Å². The Bertz CT molecular complexity index is 662. The van der Waals surface area contributed by atoms with Gasteiger partial charge in [-0.3, -0.25) is 4.79 Å². The topological polar surface area (TPSA) is 38.3 Å². The maximum absolute atomic E-state index is 13.8. The summed E-state index contributed by atoms with van der Waals surface area (Å²) in [5, 5.41) is 2.48. The van der Waals surface area contributed by atoms with Crippen molar-refractivity contribution < 1.29 is 18.3 Å². The lowest BCUT2D eigenvalue weighted by molar-refractivity contribution is 0.102. The van der Waals surface area contributed by atoms with Crippen LogP contribution in [0.3, 0.4) is 0 Å². The minimum atomic E-state index is -0.654. The summed E-state index contributed by atoms with van der Waals surface area (Å²) in [6.45, 7) is 0. The van der Waals surface area contributed by atoms with Gasteiger partial charge in [0, 0.05) is 11.8 Å². The van der Waals surface area contributed by atoms with E-state index in [-0.39, 0.29) is 15.8 Å². The number of amides is 1. The maximum Gasteiger partial charge on any atom is 0.258 e. The van der Waals surface area contributed by atoms with E-state index in [0.717, 1.165) is 6.07 Å². The van der Waals surface area contributed by atoms with Crippen LogP contribution < -0.4 is 10.1 Å². The third kappa shape index (κ3) is 2.96. The van der Waals surface area contributed by atoms with Gasteiger partial charge >= 0.3 is 0 Å². The van der Waals surface area contributed by atoms with E-state index in [1.54, 1.807) is 6.07 Å². The van der Waals surface area contributed by atoms with Crippen molar-refractivity contribution in [3.05, 3.63) is 58.1 Å². The second-order valence-corrected chi connectivity index (χ2v) is 4.76. The molecular weight excluding hydrogens is 332 g/mol. The third-order valence-electron chi connectivity index (χ3n) is 2.61. The Labute approximate surface area is 122 Å². The Balaban J connectivity index is 2.26. The summed E-state index contributed by atoms with van der Waals surface area (Å²) in [5.74, 6) is -1.83. The number of halogens is 3. The van der Waals surface area contributed by atoms with Gasteiger partial charge in [0.1, 0.15) is 5.82 Å². The highest BCUT2D eigenvalue weighted by Gasteiger charge is 2.14. The molecule has 0 spiro atoms. The number of rotatable bonds is 3. The molecule has 0 fully saturated rings. The summed E-state index contributed by atoms with van der Waals surface area (Å²) in [5.41, 5.74) is 0.204. The zero-order valence-corrected chi connectivity index (χ0v) is 12.0. The monoisotopic (exact) mass is 341 g/mol. The highest BCUT2D eigenvalue weighted by molar-refractivity contribution is 9.10. The fraction of sp³-hybridized carbons (Fsp3) is 0.0714. The number of hydrogen-bond acceptors (Lipinski definition) is 2. The predicted molar refractivity (Wildman–Crippen MR) is 75.0 cm³/mol. The second-order valence-electron chi connectivity index (χ2n) is 3.90. The first-order valence-corrected chi connectivity index (χ1v) is 6.41. The van der Waals surface area contributed by atoms with Crippen molar-refractivity contribution >= 4 is 27.5 Å². The Kier molecular flexibility index (Phi) is 4.34. The van der Waals surface area contributed by atoms with Crippen LogP contribution in [0.15, 0.2) is 40.9 Å². The van der Waals surface area contributed by atoms with E-state index < -0.39 is 17.5 Å². The van der Waals surface area contributed by atoms with Gasteiger partial charge in [-0.2, -0.15) is 0 Å². The quantitative estimate of drug-likeness (QED) is 0.916. The molecule has 2 rings (SSSR count). The highest BCUT2D eigenvalue weighted by Crippen LogP contribution is 2.23. The van der Waals surface area contributed by atoms with Gasteiger partial charge in [-0.25, -0.2) is 8.78 Å². The number of ether oxygens (including phenoxy) is 1. The standard InChI is InChI=1S/C14H10BrF2NO2/c1-20-12-7-8(5-6-11(12)16)18-14(19)9-3-2-4-10(15)13(9)17/h2-7H,1H3,(H,18,19). The smallest absolute Gasteiger partial charge is 0.258 e. The Hall–Kier alpha value is -1.95. The number of nitrogens with one attached hydrogen (secondary N) is 1. The van der Waals surface area contributed by atoms with Gasteiger partial charge in [0.05, 0.1) is 17.1 Å². The minimum absolute atomic E-state index is 0.00230. The zero-order chi connectivity index (χ0) is 14.7. The molecule has 20 heavy (non-hydrogen) atoms. The van der Waals surface area contributed by atoms with Crippen LogP contribution in [0, 0.1) is 11.6 Å². The number of carbonyl (C=O) groups excluding carboxylic acids is 1. The lowest BCUT2D eigenvalue weighted by Crippen LogP contribution is -2.14.